The van der Waals surface area contributed by atoms with Crippen molar-refractivity contribution in [2.24, 2.45) is 0 Å². The average molecular weight is 671 g/mol. The largest absolute Gasteiger partial charge is 0.456 e. The first-order valence-electron chi connectivity index (χ1n) is 17.1. The molecule has 0 aliphatic carbocycles. The Morgan fingerprint density at radius 2 is 0.981 bits per heavy atom. The predicted octanol–water partition coefficient (Wildman–Crippen LogP) is 12.1. The van der Waals surface area contributed by atoms with E-state index in [1.165, 1.54) is 0 Å². The highest BCUT2D eigenvalue weighted by molar-refractivity contribution is 6.13. The number of furan rings is 1. The molecule has 0 saturated carbocycles. The van der Waals surface area contributed by atoms with Crippen molar-refractivity contribution in [1.82, 2.24) is 15.0 Å². The summed E-state index contributed by atoms with van der Waals surface area (Å²) >= 11 is 0. The number of nitrogens with zero attached hydrogens (tertiary/aromatic N) is 4. The van der Waals surface area contributed by atoms with Crippen molar-refractivity contribution >= 4 is 39.0 Å². The van der Waals surface area contributed by atoms with Crippen molar-refractivity contribution in [2.45, 2.75) is 0 Å². The first kappa shape index (κ1) is 28.6. The average Bonchev–Trinajstić information content (AvgIpc) is 3.59. The van der Waals surface area contributed by atoms with E-state index < -0.39 is 0 Å². The van der Waals surface area contributed by atoms with Crippen LogP contribution >= 0.6 is 0 Å². The molecule has 0 bridgehead atoms. The molecule has 2 aromatic heterocycles. The Morgan fingerprint density at radius 3 is 1.62 bits per heavy atom. The maximum absolute atomic E-state index is 6.55. The summed E-state index contributed by atoms with van der Waals surface area (Å²) in [5.41, 5.74) is 9.00. The van der Waals surface area contributed by atoms with Crippen LogP contribution in [0.5, 0.6) is 23.0 Å². The van der Waals surface area contributed by atoms with Gasteiger partial charge in [0.25, 0.3) is 0 Å². The summed E-state index contributed by atoms with van der Waals surface area (Å²) in [4.78, 5) is 17.2. The van der Waals surface area contributed by atoms with Crippen LogP contribution in [-0.4, -0.2) is 15.0 Å². The predicted molar refractivity (Wildman–Crippen MR) is 204 cm³/mol. The van der Waals surface area contributed by atoms with Crippen LogP contribution in [0, 0.1) is 0 Å². The van der Waals surface area contributed by atoms with E-state index in [-0.39, 0.29) is 0 Å². The van der Waals surface area contributed by atoms with E-state index in [9.17, 15) is 0 Å². The smallest absolute Gasteiger partial charge is 0.164 e. The molecule has 11 rings (SSSR count). The molecule has 0 atom stereocenters. The third-order valence-electron chi connectivity index (χ3n) is 9.68. The van der Waals surface area contributed by atoms with Gasteiger partial charge in [-0.15, -0.1) is 0 Å². The van der Waals surface area contributed by atoms with E-state index in [0.717, 1.165) is 89.8 Å². The summed E-state index contributed by atoms with van der Waals surface area (Å²) in [6, 6.07) is 52.7. The third-order valence-corrected chi connectivity index (χ3v) is 9.68. The minimum absolute atomic E-state index is 0.573. The molecule has 7 nitrogen and oxygen atoms in total. The number of anilines is 3. The third kappa shape index (κ3) is 4.43. The van der Waals surface area contributed by atoms with Crippen molar-refractivity contribution in [3.05, 3.63) is 158 Å². The van der Waals surface area contributed by atoms with Gasteiger partial charge in [0.15, 0.2) is 40.5 Å². The molecule has 0 N–H and O–H groups in total. The van der Waals surface area contributed by atoms with Gasteiger partial charge in [-0.25, -0.2) is 15.0 Å². The van der Waals surface area contributed by atoms with E-state index in [4.69, 9.17) is 28.8 Å². The Morgan fingerprint density at radius 1 is 0.404 bits per heavy atom. The maximum Gasteiger partial charge on any atom is 0.164 e. The molecule has 0 saturated heterocycles. The zero-order chi connectivity index (χ0) is 34.2. The SMILES string of the molecule is c1ccc(-c2nc(-c3ccccc3)nc(-c3cccc4oc5ccc(-c6cc7c8c(c6)Oc6ccccc6N8c6ccccc6O7)cc5c34)n2)cc1. The molecule has 52 heavy (non-hydrogen) atoms. The quantitative estimate of drug-likeness (QED) is 0.184. The van der Waals surface area contributed by atoms with Gasteiger partial charge in [0.05, 0.1) is 11.4 Å². The molecule has 0 spiro atoms. The van der Waals surface area contributed by atoms with E-state index in [1.54, 1.807) is 0 Å². The molecule has 0 radical (unpaired) electrons. The highest BCUT2D eigenvalue weighted by Gasteiger charge is 2.35. The van der Waals surface area contributed by atoms with Gasteiger partial charge in [-0.05, 0) is 65.7 Å². The Labute approximate surface area is 298 Å². The molecule has 7 aromatic carbocycles. The van der Waals surface area contributed by atoms with Crippen molar-refractivity contribution in [1.29, 1.82) is 0 Å². The van der Waals surface area contributed by atoms with Crippen LogP contribution in [-0.2, 0) is 0 Å². The molecule has 7 heteroatoms. The Kier molecular flexibility index (Phi) is 6.12. The Balaban J connectivity index is 1.09. The number of fused-ring (bicyclic) bond motifs is 7. The molecule has 0 amide bonds. The second-order valence-corrected chi connectivity index (χ2v) is 12.8. The standard InChI is InChI=1S/C45H26N4O3/c1-3-12-27(13-4-1)43-46-44(28-14-5-2-6-15-28)48-45(47-43)31-16-11-21-38-41(31)32-24-29(22-23-35(32)50-38)30-25-39-42-40(26-30)52-37-20-10-8-18-34(37)49(42)33-17-7-9-19-36(33)51-39/h1-26H. The zero-order valence-corrected chi connectivity index (χ0v) is 27.5. The summed E-state index contributed by atoms with van der Waals surface area (Å²) in [6.07, 6.45) is 0. The fourth-order valence-corrected chi connectivity index (χ4v) is 7.31. The second kappa shape index (κ2) is 11.1. The van der Waals surface area contributed by atoms with Crippen LogP contribution < -0.4 is 14.4 Å². The molecule has 9 aromatic rings. The summed E-state index contributed by atoms with van der Waals surface area (Å²) < 4.78 is 19.6. The lowest BCUT2D eigenvalue weighted by Gasteiger charge is -2.38. The fourth-order valence-electron chi connectivity index (χ4n) is 7.31. The van der Waals surface area contributed by atoms with E-state index in [1.807, 2.05) is 115 Å². The highest BCUT2D eigenvalue weighted by Crippen LogP contribution is 2.60. The van der Waals surface area contributed by atoms with Crippen LogP contribution in [0.2, 0.25) is 0 Å². The van der Waals surface area contributed by atoms with Gasteiger partial charge < -0.3 is 13.9 Å². The Bertz CT molecular complexity index is 2740. The van der Waals surface area contributed by atoms with Crippen LogP contribution in [0.15, 0.2) is 162 Å². The van der Waals surface area contributed by atoms with Crippen molar-refractivity contribution in [3.8, 4) is 68.3 Å². The molecule has 4 heterocycles. The van der Waals surface area contributed by atoms with Crippen LogP contribution in [0.4, 0.5) is 17.1 Å². The minimum atomic E-state index is 0.573. The number of para-hydroxylation sites is 4. The van der Waals surface area contributed by atoms with Crippen molar-refractivity contribution in [2.75, 3.05) is 4.90 Å². The van der Waals surface area contributed by atoms with Gasteiger partial charge in [-0.3, -0.25) is 4.90 Å². The van der Waals surface area contributed by atoms with Gasteiger partial charge in [0, 0.05) is 27.5 Å². The number of aromatic nitrogens is 3. The van der Waals surface area contributed by atoms with Crippen LogP contribution in [0.3, 0.4) is 0 Å². The highest BCUT2D eigenvalue weighted by atomic mass is 16.5. The zero-order valence-electron chi connectivity index (χ0n) is 27.5. The number of ether oxygens (including phenoxy) is 2. The second-order valence-electron chi connectivity index (χ2n) is 12.8. The van der Waals surface area contributed by atoms with Gasteiger partial charge in [0.1, 0.15) is 16.9 Å². The van der Waals surface area contributed by atoms with E-state index >= 15 is 0 Å². The topological polar surface area (TPSA) is 73.5 Å². The lowest BCUT2D eigenvalue weighted by Crippen LogP contribution is -2.20. The monoisotopic (exact) mass is 670 g/mol. The van der Waals surface area contributed by atoms with Crippen LogP contribution in [0.1, 0.15) is 0 Å². The number of hydrogen-bond acceptors (Lipinski definition) is 7. The fraction of sp³-hybridized carbons (Fsp3) is 0. The van der Waals surface area contributed by atoms with Gasteiger partial charge >= 0.3 is 0 Å². The molecule has 244 valence electrons. The summed E-state index contributed by atoms with van der Waals surface area (Å²) in [6.45, 7) is 0. The molecular weight excluding hydrogens is 645 g/mol. The first-order chi connectivity index (χ1) is 25.7. The minimum Gasteiger partial charge on any atom is -0.456 e. The summed E-state index contributed by atoms with van der Waals surface area (Å²) in [5, 5.41) is 1.89. The molecule has 0 unspecified atom stereocenters. The number of benzene rings is 7. The molecular formula is C45H26N4O3. The first-order valence-corrected chi connectivity index (χ1v) is 17.1. The lowest BCUT2D eigenvalue weighted by atomic mass is 9.98. The summed E-state index contributed by atoms with van der Waals surface area (Å²) in [5.74, 6) is 4.82. The van der Waals surface area contributed by atoms with E-state index in [0.29, 0.717) is 17.5 Å². The summed E-state index contributed by atoms with van der Waals surface area (Å²) in [7, 11) is 0. The lowest BCUT2D eigenvalue weighted by molar-refractivity contribution is 0.446. The number of rotatable bonds is 4. The van der Waals surface area contributed by atoms with Gasteiger partial charge in [0.2, 0.25) is 0 Å². The van der Waals surface area contributed by atoms with Crippen LogP contribution in [0.25, 0.3) is 67.2 Å². The van der Waals surface area contributed by atoms with Crippen molar-refractivity contribution in [3.63, 3.8) is 0 Å². The van der Waals surface area contributed by atoms with Gasteiger partial charge in [-0.2, -0.15) is 0 Å². The molecule has 2 aliphatic heterocycles. The van der Waals surface area contributed by atoms with E-state index in [2.05, 4.69) is 47.4 Å². The number of hydrogen-bond donors (Lipinski definition) is 0. The van der Waals surface area contributed by atoms with Crippen molar-refractivity contribution < 1.29 is 13.9 Å². The molecule has 2 aliphatic rings. The normalized spacial score (nSPS) is 12.5. The maximum atomic E-state index is 6.55. The molecule has 0 fully saturated rings. The Hall–Kier alpha value is -7.25. The van der Waals surface area contributed by atoms with Gasteiger partial charge in [-0.1, -0.05) is 103 Å².